The molecule has 1 aliphatic carbocycles. The first-order valence-corrected chi connectivity index (χ1v) is 3.10. The van der Waals surface area contributed by atoms with Gasteiger partial charge in [-0.15, -0.1) is 0 Å². The molecule has 0 aliphatic heterocycles. The van der Waals surface area contributed by atoms with Crippen LogP contribution in [0.25, 0.3) is 0 Å². The van der Waals surface area contributed by atoms with E-state index in [9.17, 15) is 14.5 Å². The van der Waals surface area contributed by atoms with Crippen LogP contribution in [0.1, 0.15) is 12.8 Å². The molecule has 4 nitrogen and oxygen atoms in total. The van der Waals surface area contributed by atoms with E-state index in [-0.39, 0.29) is 12.1 Å². The average molecular weight is 158 g/mol. The van der Waals surface area contributed by atoms with Crippen LogP contribution < -0.4 is 5.73 Å². The molecule has 5 heteroatoms. The second-order valence-corrected chi connectivity index (χ2v) is 2.27. The molecule has 2 N–H and O–H groups in total. The predicted molar refractivity (Wildman–Crippen MR) is 36.6 cm³/mol. The third-order valence-corrected chi connectivity index (χ3v) is 1.46. The van der Waals surface area contributed by atoms with E-state index in [1.54, 1.807) is 0 Å². The second-order valence-electron chi connectivity index (χ2n) is 2.27. The zero-order valence-electron chi connectivity index (χ0n) is 5.71. The van der Waals surface area contributed by atoms with Crippen molar-refractivity contribution in [2.24, 2.45) is 5.73 Å². The molecule has 0 unspecified atom stereocenters. The molecule has 0 fully saturated rings. The Morgan fingerprint density at radius 1 is 1.64 bits per heavy atom. The number of hydrogen-bond donors (Lipinski definition) is 1. The SMILES string of the molecule is NC1=CC(F)=C([N+](=O)[O-])CC1. The summed E-state index contributed by atoms with van der Waals surface area (Å²) < 4.78 is 12.6. The van der Waals surface area contributed by atoms with Crippen molar-refractivity contribution < 1.29 is 9.31 Å². The number of rotatable bonds is 1. The number of nitrogens with two attached hydrogens (primary N) is 1. The van der Waals surface area contributed by atoms with E-state index in [2.05, 4.69) is 0 Å². The molecule has 0 saturated heterocycles. The highest BCUT2D eigenvalue weighted by Gasteiger charge is 2.21. The van der Waals surface area contributed by atoms with Gasteiger partial charge in [0.2, 0.25) is 0 Å². The topological polar surface area (TPSA) is 69.2 Å². The zero-order valence-corrected chi connectivity index (χ0v) is 5.71. The van der Waals surface area contributed by atoms with Crippen molar-refractivity contribution in [2.75, 3.05) is 0 Å². The van der Waals surface area contributed by atoms with Crippen molar-refractivity contribution in [1.82, 2.24) is 0 Å². The molecule has 11 heavy (non-hydrogen) atoms. The molecule has 0 bridgehead atoms. The molecule has 0 radical (unpaired) electrons. The highest BCUT2D eigenvalue weighted by molar-refractivity contribution is 5.23. The Balaban J connectivity index is 2.95. The van der Waals surface area contributed by atoms with E-state index < -0.39 is 10.8 Å². The lowest BCUT2D eigenvalue weighted by Gasteiger charge is -2.05. The van der Waals surface area contributed by atoms with E-state index in [0.717, 1.165) is 6.08 Å². The minimum atomic E-state index is -0.821. The van der Waals surface area contributed by atoms with Gasteiger partial charge >= 0.3 is 0 Å². The van der Waals surface area contributed by atoms with Crippen LogP contribution in [-0.2, 0) is 0 Å². The first-order chi connectivity index (χ1) is 5.11. The Labute approximate surface area is 62.3 Å². The van der Waals surface area contributed by atoms with Gasteiger partial charge in [-0.2, -0.15) is 4.39 Å². The Morgan fingerprint density at radius 3 is 2.73 bits per heavy atom. The number of hydrogen-bond acceptors (Lipinski definition) is 3. The van der Waals surface area contributed by atoms with Gasteiger partial charge in [0.1, 0.15) is 0 Å². The molecule has 0 atom stereocenters. The lowest BCUT2D eigenvalue weighted by Crippen LogP contribution is -2.09. The molecular weight excluding hydrogens is 151 g/mol. The number of allylic oxidation sites excluding steroid dienone is 4. The lowest BCUT2D eigenvalue weighted by molar-refractivity contribution is -0.430. The third kappa shape index (κ3) is 1.54. The summed E-state index contributed by atoms with van der Waals surface area (Å²) in [5.41, 5.74) is 5.23. The molecule has 0 spiro atoms. The van der Waals surface area contributed by atoms with Crippen molar-refractivity contribution in [3.63, 3.8) is 0 Å². The summed E-state index contributed by atoms with van der Waals surface area (Å²) in [4.78, 5) is 9.40. The summed E-state index contributed by atoms with van der Waals surface area (Å²) in [6, 6.07) is 0. The van der Waals surface area contributed by atoms with Gasteiger partial charge in [0.15, 0.2) is 5.83 Å². The van der Waals surface area contributed by atoms with Crippen LogP contribution in [0.2, 0.25) is 0 Å². The van der Waals surface area contributed by atoms with Crippen LogP contribution in [0.15, 0.2) is 23.3 Å². The smallest absolute Gasteiger partial charge is 0.282 e. The van der Waals surface area contributed by atoms with Gasteiger partial charge in [-0.1, -0.05) is 0 Å². The molecule has 0 aromatic carbocycles. The first kappa shape index (κ1) is 7.71. The highest BCUT2D eigenvalue weighted by atomic mass is 19.1. The lowest BCUT2D eigenvalue weighted by atomic mass is 10.1. The fraction of sp³-hybridized carbons (Fsp3) is 0.333. The largest absolute Gasteiger partial charge is 0.402 e. The van der Waals surface area contributed by atoms with Crippen molar-refractivity contribution in [3.05, 3.63) is 33.4 Å². The molecule has 0 amide bonds. The fourth-order valence-corrected chi connectivity index (χ4v) is 0.879. The van der Waals surface area contributed by atoms with E-state index in [4.69, 9.17) is 5.73 Å². The second kappa shape index (κ2) is 2.69. The molecule has 1 aliphatic rings. The molecule has 0 aromatic heterocycles. The normalized spacial score (nSPS) is 18.1. The van der Waals surface area contributed by atoms with Gasteiger partial charge in [0, 0.05) is 12.1 Å². The summed E-state index contributed by atoms with van der Waals surface area (Å²) in [6.45, 7) is 0. The molecule has 0 heterocycles. The van der Waals surface area contributed by atoms with Crippen LogP contribution >= 0.6 is 0 Å². The zero-order chi connectivity index (χ0) is 8.43. The van der Waals surface area contributed by atoms with E-state index >= 15 is 0 Å². The summed E-state index contributed by atoms with van der Waals surface area (Å²) in [5, 5.41) is 10.1. The molecular formula is C6H7FN2O2. The summed E-state index contributed by atoms with van der Waals surface area (Å²) in [7, 11) is 0. The highest BCUT2D eigenvalue weighted by Crippen LogP contribution is 2.22. The Kier molecular flexibility index (Phi) is 1.89. The number of nitrogens with zero attached hydrogens (tertiary/aromatic N) is 1. The van der Waals surface area contributed by atoms with Crippen LogP contribution in [-0.4, -0.2) is 4.92 Å². The molecule has 60 valence electrons. The predicted octanol–water partition coefficient (Wildman–Crippen LogP) is 1.08. The molecule has 0 aromatic rings. The van der Waals surface area contributed by atoms with Crippen LogP contribution in [0.3, 0.4) is 0 Å². The van der Waals surface area contributed by atoms with Crippen molar-refractivity contribution in [3.8, 4) is 0 Å². The van der Waals surface area contributed by atoms with E-state index in [1.165, 1.54) is 0 Å². The fourth-order valence-electron chi connectivity index (χ4n) is 0.879. The summed E-state index contributed by atoms with van der Waals surface area (Å²) >= 11 is 0. The Morgan fingerprint density at radius 2 is 2.27 bits per heavy atom. The minimum absolute atomic E-state index is 0.0845. The summed E-state index contributed by atoms with van der Waals surface area (Å²) in [5.74, 6) is -0.821. The van der Waals surface area contributed by atoms with Crippen molar-refractivity contribution in [1.29, 1.82) is 0 Å². The van der Waals surface area contributed by atoms with Crippen molar-refractivity contribution >= 4 is 0 Å². The van der Waals surface area contributed by atoms with Gasteiger partial charge < -0.3 is 5.73 Å². The maximum Gasteiger partial charge on any atom is 0.282 e. The minimum Gasteiger partial charge on any atom is -0.402 e. The standard InChI is InChI=1S/C6H7FN2O2/c7-5-3-4(8)1-2-6(5)9(10)11/h3H,1-2,8H2. The Hall–Kier alpha value is -1.39. The van der Waals surface area contributed by atoms with Crippen molar-refractivity contribution in [2.45, 2.75) is 12.8 Å². The number of nitro groups is 1. The quantitative estimate of drug-likeness (QED) is 0.458. The monoisotopic (exact) mass is 158 g/mol. The number of halogens is 1. The van der Waals surface area contributed by atoms with Crippen LogP contribution in [0.4, 0.5) is 4.39 Å². The molecule has 1 rings (SSSR count). The van der Waals surface area contributed by atoms with Gasteiger partial charge in [-0.3, -0.25) is 10.1 Å². The van der Waals surface area contributed by atoms with Crippen LogP contribution in [0, 0.1) is 10.1 Å². The van der Waals surface area contributed by atoms with Gasteiger partial charge in [0.25, 0.3) is 5.70 Å². The summed E-state index contributed by atoms with van der Waals surface area (Å²) in [6.07, 6.45) is 1.45. The Bertz CT molecular complexity index is 257. The maximum atomic E-state index is 12.6. The van der Waals surface area contributed by atoms with E-state index in [1.807, 2.05) is 0 Å². The maximum absolute atomic E-state index is 12.6. The van der Waals surface area contributed by atoms with E-state index in [0.29, 0.717) is 12.1 Å². The third-order valence-electron chi connectivity index (χ3n) is 1.46. The first-order valence-electron chi connectivity index (χ1n) is 3.10. The van der Waals surface area contributed by atoms with Gasteiger partial charge in [0.05, 0.1) is 4.92 Å². The van der Waals surface area contributed by atoms with Gasteiger partial charge in [-0.05, 0) is 12.5 Å². The van der Waals surface area contributed by atoms with Gasteiger partial charge in [-0.25, -0.2) is 0 Å². The van der Waals surface area contributed by atoms with Crippen LogP contribution in [0.5, 0.6) is 0 Å². The molecule has 0 saturated carbocycles. The average Bonchev–Trinajstić information content (AvgIpc) is 1.85.